The largest absolute Gasteiger partial charge is 0.497 e. The number of nitrogens with zero attached hydrogens (tertiary/aromatic N) is 3. The van der Waals surface area contributed by atoms with Crippen LogP contribution in [0.2, 0.25) is 0 Å². The predicted molar refractivity (Wildman–Crippen MR) is 116 cm³/mol. The summed E-state index contributed by atoms with van der Waals surface area (Å²) in [5.74, 6) is 3.31. The summed E-state index contributed by atoms with van der Waals surface area (Å²) in [6, 6.07) is 18.1. The average Bonchev–Trinajstić information content (AvgIpc) is 3.25. The Morgan fingerprint density at radius 3 is 2.55 bits per heavy atom. The van der Waals surface area contributed by atoms with Crippen molar-refractivity contribution in [3.63, 3.8) is 0 Å². The Labute approximate surface area is 171 Å². The first kappa shape index (κ1) is 20.4. The van der Waals surface area contributed by atoms with Gasteiger partial charge in [-0.25, -0.2) is 9.98 Å². The standard InChI is InChI=1S/C22H28N6O/c1-4-23-22(24-14-16(2)17-8-6-5-7-9-17)25-15-20-26-21(28-27-20)18-10-12-19(29-3)13-11-18/h5-13,16H,4,14-15H2,1-3H3,(H2,23,24,25)(H,26,27,28). The predicted octanol–water partition coefficient (Wildman–Crippen LogP) is 3.34. The van der Waals surface area contributed by atoms with Crippen LogP contribution in [0.4, 0.5) is 0 Å². The molecule has 0 aliphatic rings. The molecule has 1 aromatic heterocycles. The smallest absolute Gasteiger partial charge is 0.191 e. The Balaban J connectivity index is 1.60. The minimum atomic E-state index is 0.381. The van der Waals surface area contributed by atoms with Crippen LogP contribution < -0.4 is 15.4 Å². The number of aromatic amines is 1. The van der Waals surface area contributed by atoms with Gasteiger partial charge >= 0.3 is 0 Å². The normalized spacial score (nSPS) is 12.4. The third-order valence-electron chi connectivity index (χ3n) is 4.56. The molecule has 1 unspecified atom stereocenters. The molecule has 1 heterocycles. The van der Waals surface area contributed by atoms with Crippen LogP contribution in [0.1, 0.15) is 31.2 Å². The van der Waals surface area contributed by atoms with Gasteiger partial charge in [0.15, 0.2) is 11.8 Å². The van der Waals surface area contributed by atoms with E-state index in [-0.39, 0.29) is 0 Å². The molecule has 152 valence electrons. The van der Waals surface area contributed by atoms with Crippen LogP contribution in [0, 0.1) is 0 Å². The summed E-state index contributed by atoms with van der Waals surface area (Å²) < 4.78 is 5.19. The second-order valence-electron chi connectivity index (χ2n) is 6.72. The highest BCUT2D eigenvalue weighted by Gasteiger charge is 2.08. The first-order valence-corrected chi connectivity index (χ1v) is 9.82. The molecule has 0 amide bonds. The minimum Gasteiger partial charge on any atom is -0.497 e. The molecule has 2 aromatic carbocycles. The third-order valence-corrected chi connectivity index (χ3v) is 4.56. The van der Waals surface area contributed by atoms with Gasteiger partial charge in [0, 0.05) is 18.7 Å². The number of nitrogens with one attached hydrogen (secondary N) is 3. The highest BCUT2D eigenvalue weighted by molar-refractivity contribution is 5.79. The Kier molecular flexibility index (Phi) is 7.22. The van der Waals surface area contributed by atoms with Crippen molar-refractivity contribution in [3.8, 4) is 17.1 Å². The van der Waals surface area contributed by atoms with E-state index < -0.39 is 0 Å². The van der Waals surface area contributed by atoms with E-state index in [0.29, 0.717) is 24.1 Å². The lowest BCUT2D eigenvalue weighted by molar-refractivity contribution is 0.415. The molecule has 0 aliphatic carbocycles. The Morgan fingerprint density at radius 2 is 1.86 bits per heavy atom. The maximum Gasteiger partial charge on any atom is 0.191 e. The molecule has 0 fully saturated rings. The number of ether oxygens (including phenoxy) is 1. The molecule has 7 heteroatoms. The fourth-order valence-electron chi connectivity index (χ4n) is 2.88. The minimum absolute atomic E-state index is 0.381. The fourth-order valence-corrected chi connectivity index (χ4v) is 2.88. The van der Waals surface area contributed by atoms with Crippen LogP contribution in [-0.2, 0) is 6.54 Å². The number of benzene rings is 2. The number of H-pyrrole nitrogens is 1. The summed E-state index contributed by atoms with van der Waals surface area (Å²) in [6.45, 7) is 6.25. The van der Waals surface area contributed by atoms with Crippen molar-refractivity contribution in [2.75, 3.05) is 20.2 Å². The van der Waals surface area contributed by atoms with Gasteiger partial charge in [-0.3, -0.25) is 5.10 Å². The van der Waals surface area contributed by atoms with Gasteiger partial charge < -0.3 is 15.4 Å². The van der Waals surface area contributed by atoms with Crippen LogP contribution in [0.25, 0.3) is 11.4 Å². The molecular formula is C22H28N6O. The zero-order valence-corrected chi connectivity index (χ0v) is 17.1. The van der Waals surface area contributed by atoms with Crippen molar-refractivity contribution in [2.24, 2.45) is 4.99 Å². The lowest BCUT2D eigenvalue weighted by Gasteiger charge is -2.16. The van der Waals surface area contributed by atoms with Gasteiger partial charge in [-0.2, -0.15) is 5.10 Å². The summed E-state index contributed by atoms with van der Waals surface area (Å²) in [5, 5.41) is 13.9. The van der Waals surface area contributed by atoms with Gasteiger partial charge in [-0.05, 0) is 42.7 Å². The average molecular weight is 393 g/mol. The summed E-state index contributed by atoms with van der Waals surface area (Å²) in [6.07, 6.45) is 0. The summed E-state index contributed by atoms with van der Waals surface area (Å²) in [7, 11) is 1.65. The van der Waals surface area contributed by atoms with Crippen molar-refractivity contribution in [1.29, 1.82) is 0 Å². The van der Waals surface area contributed by atoms with E-state index in [0.717, 1.165) is 30.4 Å². The first-order valence-electron chi connectivity index (χ1n) is 9.82. The lowest BCUT2D eigenvalue weighted by Crippen LogP contribution is -2.39. The van der Waals surface area contributed by atoms with E-state index in [1.807, 2.05) is 37.3 Å². The maximum atomic E-state index is 5.19. The summed E-state index contributed by atoms with van der Waals surface area (Å²) >= 11 is 0. The van der Waals surface area contributed by atoms with Crippen molar-refractivity contribution >= 4 is 5.96 Å². The molecular weight excluding hydrogens is 364 g/mol. The number of hydrogen-bond donors (Lipinski definition) is 3. The quantitative estimate of drug-likeness (QED) is 0.404. The Morgan fingerprint density at radius 1 is 1.10 bits per heavy atom. The molecule has 0 bridgehead atoms. The highest BCUT2D eigenvalue weighted by Crippen LogP contribution is 2.19. The second kappa shape index (κ2) is 10.3. The van der Waals surface area contributed by atoms with E-state index >= 15 is 0 Å². The van der Waals surface area contributed by atoms with E-state index in [2.05, 4.69) is 62.0 Å². The van der Waals surface area contributed by atoms with Crippen molar-refractivity contribution in [1.82, 2.24) is 25.8 Å². The van der Waals surface area contributed by atoms with Gasteiger partial charge in [-0.15, -0.1) is 0 Å². The highest BCUT2D eigenvalue weighted by atomic mass is 16.5. The SMILES string of the molecule is CCNC(=NCc1nc(-c2ccc(OC)cc2)n[nH]1)NCC(C)c1ccccc1. The van der Waals surface area contributed by atoms with Crippen LogP contribution in [0.5, 0.6) is 5.75 Å². The fraction of sp³-hybridized carbons (Fsp3) is 0.318. The molecule has 0 aliphatic heterocycles. The number of guanidine groups is 1. The molecule has 3 rings (SSSR count). The molecule has 3 N–H and O–H groups in total. The van der Waals surface area contributed by atoms with Crippen LogP contribution in [0.3, 0.4) is 0 Å². The molecule has 3 aromatic rings. The van der Waals surface area contributed by atoms with E-state index in [1.165, 1.54) is 5.56 Å². The Hall–Kier alpha value is -3.35. The maximum absolute atomic E-state index is 5.19. The summed E-state index contributed by atoms with van der Waals surface area (Å²) in [4.78, 5) is 9.17. The summed E-state index contributed by atoms with van der Waals surface area (Å²) in [5.41, 5.74) is 2.23. The van der Waals surface area contributed by atoms with Gasteiger partial charge in [0.25, 0.3) is 0 Å². The number of methoxy groups -OCH3 is 1. The zero-order chi connectivity index (χ0) is 20.5. The van der Waals surface area contributed by atoms with Crippen molar-refractivity contribution in [3.05, 3.63) is 66.0 Å². The Bertz CT molecular complexity index is 905. The molecule has 0 saturated carbocycles. The van der Waals surface area contributed by atoms with Gasteiger partial charge in [0.1, 0.15) is 18.1 Å². The van der Waals surface area contributed by atoms with Crippen LogP contribution in [-0.4, -0.2) is 41.3 Å². The second-order valence-corrected chi connectivity index (χ2v) is 6.72. The third kappa shape index (κ3) is 5.81. The molecule has 29 heavy (non-hydrogen) atoms. The van der Waals surface area contributed by atoms with E-state index in [1.54, 1.807) is 7.11 Å². The molecule has 7 nitrogen and oxygen atoms in total. The van der Waals surface area contributed by atoms with Gasteiger partial charge in [0.2, 0.25) is 0 Å². The molecule has 0 saturated heterocycles. The van der Waals surface area contributed by atoms with Crippen molar-refractivity contribution < 1.29 is 4.74 Å². The molecule has 1 atom stereocenters. The number of rotatable bonds is 8. The topological polar surface area (TPSA) is 87.2 Å². The van der Waals surface area contributed by atoms with E-state index in [4.69, 9.17) is 4.74 Å². The van der Waals surface area contributed by atoms with E-state index in [9.17, 15) is 0 Å². The van der Waals surface area contributed by atoms with Gasteiger partial charge in [0.05, 0.1) is 7.11 Å². The lowest BCUT2D eigenvalue weighted by atomic mass is 10.0. The van der Waals surface area contributed by atoms with Crippen LogP contribution >= 0.6 is 0 Å². The monoisotopic (exact) mass is 392 g/mol. The number of aliphatic imine (C=N–C) groups is 1. The molecule has 0 radical (unpaired) electrons. The van der Waals surface area contributed by atoms with Gasteiger partial charge in [-0.1, -0.05) is 37.3 Å². The number of aromatic nitrogens is 3. The molecule has 0 spiro atoms. The zero-order valence-electron chi connectivity index (χ0n) is 17.1. The number of hydrogen-bond acceptors (Lipinski definition) is 4. The first-order chi connectivity index (χ1) is 14.2. The van der Waals surface area contributed by atoms with Crippen molar-refractivity contribution in [2.45, 2.75) is 26.3 Å². The van der Waals surface area contributed by atoms with Crippen LogP contribution in [0.15, 0.2) is 59.6 Å².